The van der Waals surface area contributed by atoms with Crippen LogP contribution in [0.15, 0.2) is 18.5 Å². The number of halogens is 1. The first-order chi connectivity index (χ1) is 10.8. The minimum absolute atomic E-state index is 0.102. The quantitative estimate of drug-likeness (QED) is 0.828. The average molecular weight is 356 g/mol. The summed E-state index contributed by atoms with van der Waals surface area (Å²) in [5, 5.41) is 2.09. The molecule has 5 nitrogen and oxygen atoms in total. The zero-order chi connectivity index (χ0) is 17.2. The molecule has 0 spiro atoms. The zero-order valence-electron chi connectivity index (χ0n) is 14.0. The van der Waals surface area contributed by atoms with E-state index in [9.17, 15) is 4.21 Å². The summed E-state index contributed by atoms with van der Waals surface area (Å²) in [5.74, 6) is 0.500. The summed E-state index contributed by atoms with van der Waals surface area (Å²) in [7, 11) is 0.389. The Hall–Kier alpha value is -1.24. The number of hydrogen-bond acceptors (Lipinski definition) is 4. The van der Waals surface area contributed by atoms with Gasteiger partial charge in [0.1, 0.15) is 5.15 Å². The molecule has 0 radical (unpaired) electrons. The van der Waals surface area contributed by atoms with Gasteiger partial charge in [0.25, 0.3) is 0 Å². The fraction of sp³-hybridized carbons (Fsp3) is 0.500. The van der Waals surface area contributed by atoms with Crippen molar-refractivity contribution in [1.29, 1.82) is 0 Å². The molecule has 1 N–H and O–H groups in total. The van der Waals surface area contributed by atoms with Gasteiger partial charge in [-0.2, -0.15) is 0 Å². The van der Waals surface area contributed by atoms with Gasteiger partial charge in [-0.25, -0.2) is 18.9 Å². The SMILES string of the molecule is CC[C@H](NS(=O)C(C)(C)C)c1cnc(OC)c2cnc(Cl)cc12. The standard InChI is InChI=1S/C16H22ClN3O2S/c1-6-13(20-23(21)16(2,3)4)11-8-19-15(22-5)12-9-18-14(17)7-10(11)12/h7-9,13,20H,6H2,1-5H3/t13-,23?/m0/s1. The van der Waals surface area contributed by atoms with Crippen LogP contribution in [0.4, 0.5) is 0 Å². The number of rotatable bonds is 5. The molecule has 0 aromatic carbocycles. The number of nitrogens with zero attached hydrogens (tertiary/aromatic N) is 2. The number of ether oxygens (including phenoxy) is 1. The summed E-state index contributed by atoms with van der Waals surface area (Å²) < 4.78 is 20.6. The maximum atomic E-state index is 12.4. The molecule has 7 heteroatoms. The van der Waals surface area contributed by atoms with Crippen LogP contribution in [0.1, 0.15) is 45.7 Å². The van der Waals surface area contributed by atoms with E-state index in [1.54, 1.807) is 25.6 Å². The van der Waals surface area contributed by atoms with E-state index in [4.69, 9.17) is 16.3 Å². The minimum atomic E-state index is -1.18. The zero-order valence-corrected chi connectivity index (χ0v) is 15.6. The van der Waals surface area contributed by atoms with Crippen LogP contribution in [-0.4, -0.2) is 26.0 Å². The normalized spacial score (nSPS) is 14.7. The second kappa shape index (κ2) is 7.11. The molecule has 0 aliphatic rings. The lowest BCUT2D eigenvalue weighted by Crippen LogP contribution is -2.35. The fourth-order valence-electron chi connectivity index (χ4n) is 2.22. The Bertz CT molecular complexity index is 731. The number of hydrogen-bond donors (Lipinski definition) is 1. The number of nitrogens with one attached hydrogen (secondary N) is 1. The molecule has 0 aliphatic carbocycles. The highest BCUT2D eigenvalue weighted by molar-refractivity contribution is 7.84. The number of fused-ring (bicyclic) bond motifs is 1. The van der Waals surface area contributed by atoms with Crippen molar-refractivity contribution in [2.24, 2.45) is 0 Å². The second-order valence-electron chi connectivity index (χ2n) is 6.24. The van der Waals surface area contributed by atoms with Gasteiger partial charge in [-0.15, -0.1) is 0 Å². The highest BCUT2D eigenvalue weighted by atomic mass is 35.5. The van der Waals surface area contributed by atoms with Crippen LogP contribution in [0.3, 0.4) is 0 Å². The smallest absolute Gasteiger partial charge is 0.222 e. The summed E-state index contributed by atoms with van der Waals surface area (Å²) in [6, 6.07) is 1.69. The number of aromatic nitrogens is 2. The molecule has 2 atom stereocenters. The van der Waals surface area contributed by atoms with Gasteiger partial charge in [0.2, 0.25) is 5.88 Å². The molecule has 2 heterocycles. The molecule has 0 amide bonds. The monoisotopic (exact) mass is 355 g/mol. The van der Waals surface area contributed by atoms with Gasteiger partial charge in [0.05, 0.1) is 28.2 Å². The maximum Gasteiger partial charge on any atom is 0.222 e. The van der Waals surface area contributed by atoms with Gasteiger partial charge in [-0.3, -0.25) is 0 Å². The molecule has 0 aliphatic heterocycles. The third-order valence-corrected chi connectivity index (χ3v) is 5.33. The van der Waals surface area contributed by atoms with Crippen LogP contribution in [0.25, 0.3) is 10.8 Å². The number of methoxy groups -OCH3 is 1. The first-order valence-corrected chi connectivity index (χ1v) is 8.97. The highest BCUT2D eigenvalue weighted by Crippen LogP contribution is 2.32. The fourth-order valence-corrected chi connectivity index (χ4v) is 3.28. The summed E-state index contributed by atoms with van der Waals surface area (Å²) in [5.41, 5.74) is 0.935. The first-order valence-electron chi connectivity index (χ1n) is 7.44. The van der Waals surface area contributed by atoms with Crippen molar-refractivity contribution < 1.29 is 8.95 Å². The highest BCUT2D eigenvalue weighted by Gasteiger charge is 2.24. The predicted molar refractivity (Wildman–Crippen MR) is 95.2 cm³/mol. The summed E-state index contributed by atoms with van der Waals surface area (Å²) in [6.45, 7) is 7.85. The van der Waals surface area contributed by atoms with Crippen molar-refractivity contribution in [2.45, 2.75) is 44.9 Å². The molecule has 0 saturated heterocycles. The molecule has 126 valence electrons. The lowest BCUT2D eigenvalue weighted by molar-refractivity contribution is 0.403. The summed E-state index contributed by atoms with van der Waals surface area (Å²) >= 11 is 6.06. The molecule has 2 aromatic heterocycles. The van der Waals surface area contributed by atoms with Gasteiger partial charge < -0.3 is 4.74 Å². The van der Waals surface area contributed by atoms with E-state index in [2.05, 4.69) is 14.7 Å². The Labute approximate surface area is 144 Å². The predicted octanol–water partition coefficient (Wildman–Crippen LogP) is 3.79. The minimum Gasteiger partial charge on any atom is -0.481 e. The van der Waals surface area contributed by atoms with Crippen LogP contribution in [0, 0.1) is 0 Å². The van der Waals surface area contributed by atoms with Crippen LogP contribution in [-0.2, 0) is 11.0 Å². The molecule has 0 fully saturated rings. The molecule has 23 heavy (non-hydrogen) atoms. The largest absolute Gasteiger partial charge is 0.481 e. The van der Waals surface area contributed by atoms with Gasteiger partial charge in [0.15, 0.2) is 0 Å². The van der Waals surface area contributed by atoms with Crippen molar-refractivity contribution in [2.75, 3.05) is 7.11 Å². The van der Waals surface area contributed by atoms with Gasteiger partial charge in [0, 0.05) is 18.4 Å². The van der Waals surface area contributed by atoms with Crippen LogP contribution in [0.5, 0.6) is 5.88 Å². The molecule has 2 rings (SSSR count). The second-order valence-corrected chi connectivity index (χ2v) is 8.62. The Morgan fingerprint density at radius 3 is 2.57 bits per heavy atom. The van der Waals surface area contributed by atoms with Crippen molar-refractivity contribution in [3.05, 3.63) is 29.2 Å². The summed E-state index contributed by atoms with van der Waals surface area (Å²) in [4.78, 5) is 8.46. The van der Waals surface area contributed by atoms with Gasteiger partial charge in [-0.05, 0) is 44.2 Å². The van der Waals surface area contributed by atoms with Gasteiger partial charge >= 0.3 is 0 Å². The third kappa shape index (κ3) is 4.00. The third-order valence-electron chi connectivity index (χ3n) is 3.52. The molecular weight excluding hydrogens is 334 g/mol. The molecule has 0 bridgehead atoms. The first kappa shape index (κ1) is 18.1. The van der Waals surface area contributed by atoms with Crippen molar-refractivity contribution in [3.63, 3.8) is 0 Å². The van der Waals surface area contributed by atoms with E-state index >= 15 is 0 Å². The molecule has 0 saturated carbocycles. The van der Waals surface area contributed by atoms with E-state index in [-0.39, 0.29) is 10.8 Å². The molecule has 1 unspecified atom stereocenters. The lowest BCUT2D eigenvalue weighted by atomic mass is 10.0. The van der Waals surface area contributed by atoms with E-state index in [0.717, 1.165) is 22.8 Å². The summed E-state index contributed by atoms with van der Waals surface area (Å²) in [6.07, 6.45) is 4.17. The van der Waals surface area contributed by atoms with Crippen LogP contribution in [0.2, 0.25) is 5.15 Å². The Morgan fingerprint density at radius 1 is 1.30 bits per heavy atom. The van der Waals surface area contributed by atoms with Crippen molar-refractivity contribution in [1.82, 2.24) is 14.7 Å². The number of pyridine rings is 2. The van der Waals surface area contributed by atoms with E-state index in [0.29, 0.717) is 11.0 Å². The van der Waals surface area contributed by atoms with E-state index in [1.165, 1.54) is 0 Å². The lowest BCUT2D eigenvalue weighted by Gasteiger charge is -2.24. The van der Waals surface area contributed by atoms with E-state index in [1.807, 2.05) is 27.7 Å². The van der Waals surface area contributed by atoms with Crippen LogP contribution < -0.4 is 9.46 Å². The molecular formula is C16H22ClN3O2S. The van der Waals surface area contributed by atoms with Crippen molar-refractivity contribution >= 4 is 33.4 Å². The maximum absolute atomic E-state index is 12.4. The van der Waals surface area contributed by atoms with E-state index < -0.39 is 11.0 Å². The van der Waals surface area contributed by atoms with Crippen LogP contribution >= 0.6 is 11.6 Å². The molecule has 2 aromatic rings. The van der Waals surface area contributed by atoms with Gasteiger partial charge in [-0.1, -0.05) is 18.5 Å². The topological polar surface area (TPSA) is 64.1 Å². The Balaban J connectivity index is 2.52. The Morgan fingerprint density at radius 2 is 2.00 bits per heavy atom. The Kier molecular flexibility index (Phi) is 5.60. The average Bonchev–Trinajstić information content (AvgIpc) is 2.50. The van der Waals surface area contributed by atoms with Crippen molar-refractivity contribution in [3.8, 4) is 5.88 Å².